The van der Waals surface area contributed by atoms with Gasteiger partial charge in [-0.25, -0.2) is 4.79 Å². The monoisotopic (exact) mass is 302 g/mol. The molecule has 118 valence electrons. The molecule has 0 radical (unpaired) electrons. The second kappa shape index (κ2) is 5.25. The maximum absolute atomic E-state index is 12.6. The molecule has 22 heavy (non-hydrogen) atoms. The Bertz CT molecular complexity index is 583. The summed E-state index contributed by atoms with van der Waals surface area (Å²) in [5, 5.41) is 3.21. The van der Waals surface area contributed by atoms with Crippen LogP contribution in [0, 0.1) is 5.92 Å². The van der Waals surface area contributed by atoms with Gasteiger partial charge in [0.05, 0.1) is 25.8 Å². The third kappa shape index (κ3) is 2.29. The average molecular weight is 302 g/mol. The number of benzene rings is 1. The number of nitrogens with one attached hydrogen (secondary N) is 1. The quantitative estimate of drug-likeness (QED) is 0.864. The minimum atomic E-state index is -0.545. The van der Waals surface area contributed by atoms with E-state index in [1.54, 1.807) is 0 Å². The number of carbonyl (C=O) groups is 1. The lowest BCUT2D eigenvalue weighted by Gasteiger charge is -2.25. The van der Waals surface area contributed by atoms with Crippen molar-refractivity contribution in [3.8, 4) is 0 Å². The Balaban J connectivity index is 1.44. The zero-order chi connectivity index (χ0) is 15.2. The Morgan fingerprint density at radius 3 is 2.91 bits per heavy atom. The molecule has 1 aromatic rings. The molecular weight excluding hydrogens is 280 g/mol. The van der Waals surface area contributed by atoms with Crippen LogP contribution in [0.1, 0.15) is 30.5 Å². The third-order valence-electron chi connectivity index (χ3n) is 5.08. The summed E-state index contributed by atoms with van der Waals surface area (Å²) >= 11 is 0. The highest BCUT2D eigenvalue weighted by Crippen LogP contribution is 2.36. The van der Waals surface area contributed by atoms with E-state index in [2.05, 4.69) is 30.4 Å². The minimum Gasteiger partial charge on any atom is -0.346 e. The Kier molecular flexibility index (Phi) is 3.35. The van der Waals surface area contributed by atoms with Gasteiger partial charge in [0.15, 0.2) is 5.79 Å². The maximum atomic E-state index is 12.6. The van der Waals surface area contributed by atoms with Crippen LogP contribution in [-0.2, 0) is 15.9 Å². The number of nitrogens with zero attached hydrogens (tertiary/aromatic N) is 1. The van der Waals surface area contributed by atoms with Crippen molar-refractivity contribution >= 4 is 6.03 Å². The molecule has 1 N–H and O–H groups in total. The highest BCUT2D eigenvalue weighted by molar-refractivity contribution is 5.75. The van der Waals surface area contributed by atoms with Gasteiger partial charge in [-0.2, -0.15) is 0 Å². The maximum Gasteiger partial charge on any atom is 0.318 e. The number of fused-ring (bicyclic) bond motifs is 1. The van der Waals surface area contributed by atoms with E-state index in [1.807, 2.05) is 11.0 Å². The Hall–Kier alpha value is -1.59. The number of hydrogen-bond acceptors (Lipinski definition) is 3. The number of hydrogen-bond donors (Lipinski definition) is 1. The summed E-state index contributed by atoms with van der Waals surface area (Å²) < 4.78 is 11.4. The predicted molar refractivity (Wildman–Crippen MR) is 81.4 cm³/mol. The highest BCUT2D eigenvalue weighted by Gasteiger charge is 2.45. The van der Waals surface area contributed by atoms with Crippen molar-refractivity contribution in [3.05, 3.63) is 35.4 Å². The van der Waals surface area contributed by atoms with Gasteiger partial charge in [0.1, 0.15) is 0 Å². The molecule has 2 saturated heterocycles. The van der Waals surface area contributed by atoms with E-state index in [0.717, 1.165) is 12.8 Å². The van der Waals surface area contributed by atoms with Crippen LogP contribution in [0.25, 0.3) is 0 Å². The number of amides is 2. The van der Waals surface area contributed by atoms with Gasteiger partial charge in [0.25, 0.3) is 0 Å². The SMILES string of the molecule is C[C@H]1Cc2ccccc2[C@H]1NC(=O)N1CCC2(C1)OCCO2. The van der Waals surface area contributed by atoms with Crippen LogP contribution < -0.4 is 5.32 Å². The molecule has 0 unspecified atom stereocenters. The molecule has 0 aromatic heterocycles. The molecule has 2 aliphatic heterocycles. The lowest BCUT2D eigenvalue weighted by atomic mass is 10.0. The molecule has 2 heterocycles. The molecule has 1 spiro atoms. The van der Waals surface area contributed by atoms with E-state index in [-0.39, 0.29) is 12.1 Å². The van der Waals surface area contributed by atoms with Crippen molar-refractivity contribution in [3.63, 3.8) is 0 Å². The van der Waals surface area contributed by atoms with Crippen LogP contribution in [0.4, 0.5) is 4.79 Å². The van der Waals surface area contributed by atoms with Crippen molar-refractivity contribution in [1.82, 2.24) is 10.2 Å². The summed E-state index contributed by atoms with van der Waals surface area (Å²) in [7, 11) is 0. The molecule has 0 bridgehead atoms. The third-order valence-corrected chi connectivity index (χ3v) is 5.08. The van der Waals surface area contributed by atoms with Crippen LogP contribution in [-0.4, -0.2) is 43.0 Å². The topological polar surface area (TPSA) is 50.8 Å². The Morgan fingerprint density at radius 1 is 1.32 bits per heavy atom. The van der Waals surface area contributed by atoms with E-state index in [0.29, 0.717) is 32.2 Å². The van der Waals surface area contributed by atoms with Gasteiger partial charge in [-0.15, -0.1) is 0 Å². The second-order valence-corrected chi connectivity index (χ2v) is 6.59. The second-order valence-electron chi connectivity index (χ2n) is 6.59. The van der Waals surface area contributed by atoms with Crippen molar-refractivity contribution in [2.75, 3.05) is 26.3 Å². The van der Waals surface area contributed by atoms with Gasteiger partial charge in [-0.3, -0.25) is 0 Å². The first kappa shape index (κ1) is 14.0. The zero-order valence-corrected chi connectivity index (χ0v) is 12.9. The first-order valence-electron chi connectivity index (χ1n) is 8.08. The smallest absolute Gasteiger partial charge is 0.318 e. The van der Waals surface area contributed by atoms with Gasteiger partial charge >= 0.3 is 6.03 Å². The summed E-state index contributed by atoms with van der Waals surface area (Å²) in [6, 6.07) is 8.48. The van der Waals surface area contributed by atoms with Gasteiger partial charge < -0.3 is 19.7 Å². The molecular formula is C17H22N2O3. The minimum absolute atomic E-state index is 0.00970. The molecule has 0 saturated carbocycles. The largest absolute Gasteiger partial charge is 0.346 e. The van der Waals surface area contributed by atoms with Gasteiger partial charge in [-0.05, 0) is 23.5 Å². The van der Waals surface area contributed by atoms with E-state index < -0.39 is 5.79 Å². The van der Waals surface area contributed by atoms with Crippen LogP contribution in [0.15, 0.2) is 24.3 Å². The Labute approximate surface area is 130 Å². The number of ether oxygens (including phenoxy) is 2. The zero-order valence-electron chi connectivity index (χ0n) is 12.9. The van der Waals surface area contributed by atoms with Crippen LogP contribution in [0.3, 0.4) is 0 Å². The number of carbonyl (C=O) groups excluding carboxylic acids is 1. The molecule has 3 aliphatic rings. The summed E-state index contributed by atoms with van der Waals surface area (Å²) in [6.07, 6.45) is 1.79. The fourth-order valence-corrected chi connectivity index (χ4v) is 3.90. The van der Waals surface area contributed by atoms with Gasteiger partial charge in [-0.1, -0.05) is 31.2 Å². The van der Waals surface area contributed by atoms with Crippen LogP contribution in [0.5, 0.6) is 0 Å². The predicted octanol–water partition coefficient (Wildman–Crippen LogP) is 2.08. The summed E-state index contributed by atoms with van der Waals surface area (Å²) in [4.78, 5) is 14.4. The van der Waals surface area contributed by atoms with E-state index in [4.69, 9.17) is 9.47 Å². The number of rotatable bonds is 1. The Morgan fingerprint density at radius 2 is 2.09 bits per heavy atom. The number of urea groups is 1. The van der Waals surface area contributed by atoms with Crippen molar-refractivity contribution in [2.45, 2.75) is 31.6 Å². The van der Waals surface area contributed by atoms with Crippen molar-refractivity contribution in [2.24, 2.45) is 5.92 Å². The normalized spacial score (nSPS) is 29.0. The first-order chi connectivity index (χ1) is 10.7. The molecule has 4 rings (SSSR count). The fourth-order valence-electron chi connectivity index (χ4n) is 3.90. The summed E-state index contributed by atoms with van der Waals surface area (Å²) in [5.74, 6) is -0.117. The van der Waals surface area contributed by atoms with E-state index in [9.17, 15) is 4.79 Å². The summed E-state index contributed by atoms with van der Waals surface area (Å²) in [5.41, 5.74) is 2.60. The van der Waals surface area contributed by atoms with Crippen LogP contribution in [0.2, 0.25) is 0 Å². The van der Waals surface area contributed by atoms with Crippen molar-refractivity contribution < 1.29 is 14.3 Å². The van der Waals surface area contributed by atoms with Gasteiger partial charge in [0.2, 0.25) is 0 Å². The average Bonchev–Trinajstić information content (AvgIpc) is 3.22. The highest BCUT2D eigenvalue weighted by atomic mass is 16.7. The van der Waals surface area contributed by atoms with Gasteiger partial charge in [0, 0.05) is 13.0 Å². The molecule has 2 atom stereocenters. The molecule has 1 aliphatic carbocycles. The first-order valence-corrected chi connectivity index (χ1v) is 8.08. The molecule has 5 nitrogen and oxygen atoms in total. The standard InChI is InChI=1S/C17H22N2O3/c1-12-10-13-4-2-3-5-14(13)15(12)18-16(20)19-7-6-17(11-19)21-8-9-22-17/h2-5,12,15H,6-11H2,1H3,(H,18,20)/t12-,15-/m0/s1. The fraction of sp³-hybridized carbons (Fsp3) is 0.588. The number of likely N-dealkylation sites (tertiary alicyclic amines) is 1. The summed E-state index contributed by atoms with van der Waals surface area (Å²) in [6.45, 7) is 4.67. The lowest BCUT2D eigenvalue weighted by molar-refractivity contribution is -0.143. The molecule has 1 aromatic carbocycles. The molecule has 5 heteroatoms. The molecule has 2 fully saturated rings. The van der Waals surface area contributed by atoms with E-state index in [1.165, 1.54) is 11.1 Å². The molecule has 2 amide bonds. The lowest BCUT2D eigenvalue weighted by Crippen LogP contribution is -2.43. The van der Waals surface area contributed by atoms with Crippen LogP contribution >= 0.6 is 0 Å². The van der Waals surface area contributed by atoms with Crippen molar-refractivity contribution in [1.29, 1.82) is 0 Å². The van der Waals surface area contributed by atoms with E-state index >= 15 is 0 Å².